The molecule has 2 aromatic rings. The molecule has 0 aliphatic carbocycles. The van der Waals surface area contributed by atoms with E-state index in [1.165, 1.54) is 12.1 Å². The zero-order chi connectivity index (χ0) is 11.5. The molecule has 16 heavy (non-hydrogen) atoms. The van der Waals surface area contributed by atoms with Gasteiger partial charge >= 0.3 is 0 Å². The molecule has 0 aliphatic heterocycles. The fourth-order valence-electron chi connectivity index (χ4n) is 1.64. The van der Waals surface area contributed by atoms with Crippen LogP contribution in [0.15, 0.2) is 30.5 Å². The van der Waals surface area contributed by atoms with Gasteiger partial charge < -0.3 is 0 Å². The summed E-state index contributed by atoms with van der Waals surface area (Å²) < 4.78 is 12.8. The lowest BCUT2D eigenvalue weighted by molar-refractivity contribution is 0.628. The number of hydrogen-bond donors (Lipinski definition) is 1. The number of alkyl halides is 1. The number of halogens is 2. The Morgan fingerprint density at radius 3 is 2.69 bits per heavy atom. The topological polar surface area (TPSA) is 28.7 Å². The fourth-order valence-corrected chi connectivity index (χ4v) is 1.98. The van der Waals surface area contributed by atoms with Gasteiger partial charge in [0.05, 0.1) is 11.9 Å². The predicted octanol–water partition coefficient (Wildman–Crippen LogP) is 3.54. The Labute approximate surface area is 102 Å². The maximum Gasteiger partial charge on any atom is 0.123 e. The van der Waals surface area contributed by atoms with Crippen LogP contribution >= 0.6 is 15.9 Å². The molecular formula is C12H12BrFN2. The maximum atomic E-state index is 12.8. The van der Waals surface area contributed by atoms with E-state index >= 15 is 0 Å². The van der Waals surface area contributed by atoms with Gasteiger partial charge in [-0.1, -0.05) is 22.9 Å². The molecule has 1 aromatic carbocycles. The molecule has 84 valence electrons. The Bertz CT molecular complexity index is 462. The van der Waals surface area contributed by atoms with Crippen molar-refractivity contribution in [2.75, 3.05) is 0 Å². The number of aromatic amines is 1. The number of rotatable bonds is 3. The third kappa shape index (κ3) is 2.50. The highest BCUT2D eigenvalue weighted by molar-refractivity contribution is 9.09. The van der Waals surface area contributed by atoms with Crippen LogP contribution in [0.5, 0.6) is 0 Å². The molecular weight excluding hydrogens is 271 g/mol. The van der Waals surface area contributed by atoms with Crippen LogP contribution in [-0.4, -0.2) is 15.0 Å². The normalized spacial score (nSPS) is 12.7. The van der Waals surface area contributed by atoms with E-state index < -0.39 is 0 Å². The SMILES string of the molecule is CC(Br)Cc1cn[nH]c1-c1ccc(F)cc1. The van der Waals surface area contributed by atoms with Crippen LogP contribution in [0.3, 0.4) is 0 Å². The maximum absolute atomic E-state index is 12.8. The number of benzene rings is 1. The number of H-pyrrole nitrogens is 1. The summed E-state index contributed by atoms with van der Waals surface area (Å²) in [7, 11) is 0. The minimum atomic E-state index is -0.223. The third-order valence-corrected chi connectivity index (χ3v) is 2.68. The first-order valence-electron chi connectivity index (χ1n) is 5.09. The summed E-state index contributed by atoms with van der Waals surface area (Å²) in [6.45, 7) is 2.08. The highest BCUT2D eigenvalue weighted by Crippen LogP contribution is 2.23. The Morgan fingerprint density at radius 2 is 2.06 bits per heavy atom. The van der Waals surface area contributed by atoms with Crippen LogP contribution in [0.4, 0.5) is 4.39 Å². The molecule has 0 saturated carbocycles. The van der Waals surface area contributed by atoms with E-state index in [0.29, 0.717) is 4.83 Å². The van der Waals surface area contributed by atoms with Crippen molar-refractivity contribution in [2.24, 2.45) is 0 Å². The largest absolute Gasteiger partial charge is 0.278 e. The number of aromatic nitrogens is 2. The van der Waals surface area contributed by atoms with Gasteiger partial charge in [0, 0.05) is 10.4 Å². The first kappa shape index (κ1) is 11.3. The van der Waals surface area contributed by atoms with E-state index in [1.807, 2.05) is 6.20 Å². The van der Waals surface area contributed by atoms with E-state index in [2.05, 4.69) is 33.1 Å². The minimum absolute atomic E-state index is 0.223. The fraction of sp³-hybridized carbons (Fsp3) is 0.250. The molecule has 0 aliphatic rings. The van der Waals surface area contributed by atoms with E-state index in [9.17, 15) is 4.39 Å². The number of nitrogens with zero attached hydrogens (tertiary/aromatic N) is 1. The summed E-state index contributed by atoms with van der Waals surface area (Å²) >= 11 is 3.51. The third-order valence-electron chi connectivity index (χ3n) is 2.35. The van der Waals surface area contributed by atoms with Gasteiger partial charge in [-0.3, -0.25) is 5.10 Å². The van der Waals surface area contributed by atoms with Crippen LogP contribution in [0, 0.1) is 5.82 Å². The number of hydrogen-bond acceptors (Lipinski definition) is 1. The van der Waals surface area contributed by atoms with Crippen LogP contribution in [0.25, 0.3) is 11.3 Å². The first-order valence-corrected chi connectivity index (χ1v) is 6.00. The molecule has 4 heteroatoms. The van der Waals surface area contributed by atoms with E-state index in [0.717, 1.165) is 23.2 Å². The molecule has 1 N–H and O–H groups in total. The van der Waals surface area contributed by atoms with Gasteiger partial charge in [-0.25, -0.2) is 4.39 Å². The molecule has 2 nitrogen and oxygen atoms in total. The van der Waals surface area contributed by atoms with Gasteiger partial charge in [-0.2, -0.15) is 5.10 Å². The van der Waals surface area contributed by atoms with Gasteiger partial charge in [0.25, 0.3) is 0 Å². The lowest BCUT2D eigenvalue weighted by atomic mass is 10.1. The minimum Gasteiger partial charge on any atom is -0.278 e. The van der Waals surface area contributed by atoms with Crippen molar-refractivity contribution >= 4 is 15.9 Å². The summed E-state index contributed by atoms with van der Waals surface area (Å²) in [5, 5.41) is 6.99. The lowest BCUT2D eigenvalue weighted by Crippen LogP contribution is -1.96. The molecule has 0 spiro atoms. The monoisotopic (exact) mass is 282 g/mol. The van der Waals surface area contributed by atoms with E-state index in [-0.39, 0.29) is 5.82 Å². The molecule has 0 amide bonds. The van der Waals surface area contributed by atoms with Crippen LogP contribution < -0.4 is 0 Å². The summed E-state index contributed by atoms with van der Waals surface area (Å²) in [4.78, 5) is 0.393. The van der Waals surface area contributed by atoms with E-state index in [4.69, 9.17) is 0 Å². The average Bonchev–Trinajstić information content (AvgIpc) is 2.66. The first-order chi connectivity index (χ1) is 7.66. The van der Waals surface area contributed by atoms with Crippen LogP contribution in [0.1, 0.15) is 12.5 Å². The van der Waals surface area contributed by atoms with Gasteiger partial charge in [0.2, 0.25) is 0 Å². The molecule has 0 bridgehead atoms. The van der Waals surface area contributed by atoms with Crippen LogP contribution in [0.2, 0.25) is 0 Å². The molecule has 0 saturated heterocycles. The van der Waals surface area contributed by atoms with E-state index in [1.54, 1.807) is 12.1 Å². The zero-order valence-electron chi connectivity index (χ0n) is 8.87. The second kappa shape index (κ2) is 4.78. The van der Waals surface area contributed by atoms with Crippen molar-refractivity contribution in [1.82, 2.24) is 10.2 Å². The van der Waals surface area contributed by atoms with Crippen molar-refractivity contribution in [3.8, 4) is 11.3 Å². The van der Waals surface area contributed by atoms with Gasteiger partial charge in [-0.05, 0) is 36.2 Å². The molecule has 1 unspecified atom stereocenters. The molecule has 1 atom stereocenters. The van der Waals surface area contributed by atoms with Crippen molar-refractivity contribution in [3.05, 3.63) is 41.8 Å². The second-order valence-electron chi connectivity index (χ2n) is 3.76. The van der Waals surface area contributed by atoms with Crippen molar-refractivity contribution < 1.29 is 4.39 Å². The summed E-state index contributed by atoms with van der Waals surface area (Å²) in [5.74, 6) is -0.223. The van der Waals surface area contributed by atoms with Gasteiger partial charge in [0.15, 0.2) is 0 Å². The number of nitrogens with one attached hydrogen (secondary N) is 1. The Kier molecular flexibility index (Phi) is 3.39. The Balaban J connectivity index is 2.33. The standard InChI is InChI=1S/C12H12BrFN2/c1-8(13)6-10-7-15-16-12(10)9-2-4-11(14)5-3-9/h2-5,7-8H,6H2,1H3,(H,15,16). The lowest BCUT2D eigenvalue weighted by Gasteiger charge is -2.04. The molecule has 0 fully saturated rings. The quantitative estimate of drug-likeness (QED) is 0.857. The summed E-state index contributed by atoms with van der Waals surface area (Å²) in [6, 6.07) is 6.42. The zero-order valence-corrected chi connectivity index (χ0v) is 10.5. The Morgan fingerprint density at radius 1 is 1.38 bits per heavy atom. The molecule has 1 heterocycles. The smallest absolute Gasteiger partial charge is 0.123 e. The Hall–Kier alpha value is -1.16. The summed E-state index contributed by atoms with van der Waals surface area (Å²) in [6.07, 6.45) is 2.71. The van der Waals surface area contributed by atoms with Crippen molar-refractivity contribution in [3.63, 3.8) is 0 Å². The highest BCUT2D eigenvalue weighted by atomic mass is 79.9. The molecule has 1 aromatic heterocycles. The van der Waals surface area contributed by atoms with Gasteiger partial charge in [-0.15, -0.1) is 0 Å². The van der Waals surface area contributed by atoms with Crippen molar-refractivity contribution in [1.29, 1.82) is 0 Å². The second-order valence-corrected chi connectivity index (χ2v) is 5.33. The molecule has 2 rings (SSSR count). The molecule has 0 radical (unpaired) electrons. The van der Waals surface area contributed by atoms with Gasteiger partial charge in [0.1, 0.15) is 5.82 Å². The van der Waals surface area contributed by atoms with Crippen molar-refractivity contribution in [2.45, 2.75) is 18.2 Å². The highest BCUT2D eigenvalue weighted by Gasteiger charge is 2.09. The predicted molar refractivity (Wildman–Crippen MR) is 66.1 cm³/mol. The summed E-state index contributed by atoms with van der Waals surface area (Å²) in [5.41, 5.74) is 3.06. The van der Waals surface area contributed by atoms with Crippen LogP contribution in [-0.2, 0) is 6.42 Å². The average molecular weight is 283 g/mol.